The van der Waals surface area contributed by atoms with Crippen LogP contribution in [-0.2, 0) is 6.42 Å². The quantitative estimate of drug-likeness (QED) is 0.382. The second-order valence-corrected chi connectivity index (χ2v) is 6.81. The predicted octanol–water partition coefficient (Wildman–Crippen LogP) is 7.29. The van der Waals surface area contributed by atoms with Gasteiger partial charge in [0.25, 0.3) is 0 Å². The molecule has 0 heterocycles. The van der Waals surface area contributed by atoms with Crippen LogP contribution in [0.1, 0.15) is 38.7 Å². The molecule has 0 aliphatic heterocycles. The zero-order chi connectivity index (χ0) is 19.1. The predicted molar refractivity (Wildman–Crippen MR) is 112 cm³/mol. The summed E-state index contributed by atoms with van der Waals surface area (Å²) in [6.07, 6.45) is 4.83. The van der Waals surface area contributed by atoms with E-state index in [1.54, 1.807) is 6.07 Å². The van der Waals surface area contributed by atoms with Gasteiger partial charge >= 0.3 is 0 Å². The van der Waals surface area contributed by atoms with E-state index in [9.17, 15) is 4.39 Å². The molecule has 0 saturated heterocycles. The fourth-order valence-corrected chi connectivity index (χ4v) is 3.27. The number of benzene rings is 3. The Morgan fingerprint density at radius 3 is 2.04 bits per heavy atom. The number of unbranched alkanes of at least 4 members (excludes halogenated alkanes) is 2. The van der Waals surface area contributed by atoms with Gasteiger partial charge in [0, 0.05) is 5.56 Å². The molecule has 140 valence electrons. The molecular formula is C25H27FO. The largest absolute Gasteiger partial charge is 0.494 e. The normalized spacial score (nSPS) is 10.8. The molecule has 0 N–H and O–H groups in total. The van der Waals surface area contributed by atoms with Crippen molar-refractivity contribution in [2.75, 3.05) is 6.61 Å². The van der Waals surface area contributed by atoms with Crippen molar-refractivity contribution >= 4 is 0 Å². The summed E-state index contributed by atoms with van der Waals surface area (Å²) in [5.41, 5.74) is 4.76. The summed E-state index contributed by atoms with van der Waals surface area (Å²) in [6.45, 7) is 4.79. The molecule has 0 aromatic heterocycles. The van der Waals surface area contributed by atoms with E-state index in [-0.39, 0.29) is 5.82 Å². The fraction of sp³-hybridized carbons (Fsp3) is 0.280. The van der Waals surface area contributed by atoms with Crippen LogP contribution in [0.25, 0.3) is 22.3 Å². The van der Waals surface area contributed by atoms with Gasteiger partial charge in [0.05, 0.1) is 6.61 Å². The topological polar surface area (TPSA) is 9.23 Å². The highest BCUT2D eigenvalue weighted by atomic mass is 19.1. The number of aryl methyl sites for hydroxylation is 1. The molecule has 0 bridgehead atoms. The van der Waals surface area contributed by atoms with Gasteiger partial charge < -0.3 is 4.74 Å². The number of ether oxygens (including phenoxy) is 1. The van der Waals surface area contributed by atoms with Gasteiger partial charge in [-0.1, -0.05) is 68.3 Å². The first-order valence-corrected chi connectivity index (χ1v) is 9.83. The van der Waals surface area contributed by atoms with Crippen LogP contribution >= 0.6 is 0 Å². The SMILES string of the molecule is CCCCCc1ccc(-c2ccc(-c3ccc(OCC)cc3)c(F)c2)cc1. The summed E-state index contributed by atoms with van der Waals surface area (Å²) in [5, 5.41) is 0. The second kappa shape index (κ2) is 9.36. The number of hydrogen-bond donors (Lipinski definition) is 0. The van der Waals surface area contributed by atoms with Crippen LogP contribution in [0.4, 0.5) is 4.39 Å². The molecule has 3 aromatic rings. The summed E-state index contributed by atoms with van der Waals surface area (Å²) >= 11 is 0. The lowest BCUT2D eigenvalue weighted by Crippen LogP contribution is -1.91. The minimum Gasteiger partial charge on any atom is -0.494 e. The van der Waals surface area contributed by atoms with Crippen LogP contribution in [0.5, 0.6) is 5.75 Å². The Morgan fingerprint density at radius 2 is 1.41 bits per heavy atom. The lowest BCUT2D eigenvalue weighted by molar-refractivity contribution is 0.340. The van der Waals surface area contributed by atoms with Crippen LogP contribution in [-0.4, -0.2) is 6.61 Å². The molecule has 0 unspecified atom stereocenters. The van der Waals surface area contributed by atoms with Gasteiger partial charge in [-0.2, -0.15) is 0 Å². The standard InChI is InChI=1S/C25H27FO/c1-3-5-6-7-19-8-10-20(11-9-19)22-14-17-24(25(26)18-22)21-12-15-23(16-13-21)27-4-2/h8-18H,3-7H2,1-2H3. The average molecular weight is 362 g/mol. The second-order valence-electron chi connectivity index (χ2n) is 6.81. The van der Waals surface area contributed by atoms with Crippen molar-refractivity contribution in [1.82, 2.24) is 0 Å². The molecule has 3 aromatic carbocycles. The average Bonchev–Trinajstić information content (AvgIpc) is 2.70. The first-order chi connectivity index (χ1) is 13.2. The number of halogens is 1. The van der Waals surface area contributed by atoms with Crippen molar-refractivity contribution in [3.8, 4) is 28.0 Å². The molecule has 0 aliphatic rings. The third-order valence-corrected chi connectivity index (χ3v) is 4.80. The highest BCUT2D eigenvalue weighted by Gasteiger charge is 2.08. The van der Waals surface area contributed by atoms with E-state index < -0.39 is 0 Å². The molecule has 0 saturated carbocycles. The van der Waals surface area contributed by atoms with E-state index >= 15 is 0 Å². The van der Waals surface area contributed by atoms with Gasteiger partial charge in [0.1, 0.15) is 11.6 Å². The van der Waals surface area contributed by atoms with Crippen molar-refractivity contribution in [2.45, 2.75) is 39.5 Å². The Kier molecular flexibility index (Phi) is 6.64. The van der Waals surface area contributed by atoms with Gasteiger partial charge in [-0.3, -0.25) is 0 Å². The maximum Gasteiger partial charge on any atom is 0.131 e. The lowest BCUT2D eigenvalue weighted by atomic mass is 9.98. The van der Waals surface area contributed by atoms with E-state index in [4.69, 9.17) is 4.74 Å². The smallest absolute Gasteiger partial charge is 0.131 e. The highest BCUT2D eigenvalue weighted by Crippen LogP contribution is 2.29. The molecule has 3 rings (SSSR count). The van der Waals surface area contributed by atoms with Gasteiger partial charge in [-0.25, -0.2) is 4.39 Å². The zero-order valence-corrected chi connectivity index (χ0v) is 16.2. The van der Waals surface area contributed by atoms with Gasteiger partial charge in [0.15, 0.2) is 0 Å². The van der Waals surface area contributed by atoms with E-state index in [1.165, 1.54) is 24.8 Å². The minimum atomic E-state index is -0.205. The van der Waals surface area contributed by atoms with Crippen LogP contribution in [0.15, 0.2) is 66.7 Å². The molecular weight excluding hydrogens is 335 g/mol. The Bertz CT molecular complexity index is 850. The van der Waals surface area contributed by atoms with Crippen molar-refractivity contribution in [3.05, 3.63) is 78.1 Å². The summed E-state index contributed by atoms with van der Waals surface area (Å²) in [6, 6.07) is 21.5. The summed E-state index contributed by atoms with van der Waals surface area (Å²) in [5.74, 6) is 0.598. The molecule has 0 atom stereocenters. The number of rotatable bonds is 8. The maximum atomic E-state index is 14.7. The van der Waals surface area contributed by atoms with E-state index in [0.717, 1.165) is 28.9 Å². The molecule has 0 fully saturated rings. The van der Waals surface area contributed by atoms with E-state index in [2.05, 4.69) is 31.2 Å². The van der Waals surface area contributed by atoms with Gasteiger partial charge in [-0.05, 0) is 60.2 Å². The Balaban J connectivity index is 1.76. The van der Waals surface area contributed by atoms with Crippen LogP contribution in [0.3, 0.4) is 0 Å². The molecule has 2 heteroatoms. The summed E-state index contributed by atoms with van der Waals surface area (Å²) in [7, 11) is 0. The molecule has 0 spiro atoms. The van der Waals surface area contributed by atoms with Crippen molar-refractivity contribution < 1.29 is 9.13 Å². The van der Waals surface area contributed by atoms with Crippen LogP contribution < -0.4 is 4.74 Å². The molecule has 27 heavy (non-hydrogen) atoms. The van der Waals surface area contributed by atoms with Gasteiger partial charge in [-0.15, -0.1) is 0 Å². The third-order valence-electron chi connectivity index (χ3n) is 4.80. The molecule has 0 amide bonds. The van der Waals surface area contributed by atoms with Crippen molar-refractivity contribution in [3.63, 3.8) is 0 Å². The summed E-state index contributed by atoms with van der Waals surface area (Å²) in [4.78, 5) is 0. The van der Waals surface area contributed by atoms with E-state index in [1.807, 2.05) is 43.3 Å². The minimum absolute atomic E-state index is 0.205. The molecule has 0 radical (unpaired) electrons. The highest BCUT2D eigenvalue weighted by molar-refractivity contribution is 5.71. The Labute approximate surface area is 161 Å². The first kappa shape index (κ1) is 19.2. The van der Waals surface area contributed by atoms with Crippen LogP contribution in [0, 0.1) is 5.82 Å². The van der Waals surface area contributed by atoms with Crippen molar-refractivity contribution in [2.24, 2.45) is 0 Å². The molecule has 1 nitrogen and oxygen atoms in total. The van der Waals surface area contributed by atoms with E-state index in [0.29, 0.717) is 12.2 Å². The number of hydrogen-bond acceptors (Lipinski definition) is 1. The zero-order valence-electron chi connectivity index (χ0n) is 16.2. The monoisotopic (exact) mass is 362 g/mol. The summed E-state index contributed by atoms with van der Waals surface area (Å²) < 4.78 is 20.2. The third kappa shape index (κ3) is 4.97. The lowest BCUT2D eigenvalue weighted by Gasteiger charge is -2.09. The first-order valence-electron chi connectivity index (χ1n) is 9.83. The fourth-order valence-electron chi connectivity index (χ4n) is 3.27. The Morgan fingerprint density at radius 1 is 0.741 bits per heavy atom. The van der Waals surface area contributed by atoms with Crippen LogP contribution in [0.2, 0.25) is 0 Å². The molecule has 0 aliphatic carbocycles. The van der Waals surface area contributed by atoms with Gasteiger partial charge in [0.2, 0.25) is 0 Å². The van der Waals surface area contributed by atoms with Crippen molar-refractivity contribution in [1.29, 1.82) is 0 Å². The maximum absolute atomic E-state index is 14.7. The Hall–Kier alpha value is -2.61.